The molecule has 2 heterocycles. The van der Waals surface area contributed by atoms with Crippen LogP contribution in [-0.4, -0.2) is 54.5 Å². The van der Waals surface area contributed by atoms with Crippen LogP contribution in [0.3, 0.4) is 0 Å². The van der Waals surface area contributed by atoms with Gasteiger partial charge in [0.15, 0.2) is 6.10 Å². The number of carbonyl (C=O) groups excluding carboxylic acids is 2. The Morgan fingerprint density at radius 2 is 1.91 bits per heavy atom. The van der Waals surface area contributed by atoms with E-state index in [9.17, 15) is 9.59 Å². The lowest BCUT2D eigenvalue weighted by Crippen LogP contribution is -2.53. The minimum absolute atomic E-state index is 0.00473. The van der Waals surface area contributed by atoms with Crippen molar-refractivity contribution in [2.24, 2.45) is 0 Å². The third-order valence-corrected chi connectivity index (χ3v) is 4.65. The van der Waals surface area contributed by atoms with Crippen LogP contribution in [0, 0.1) is 6.92 Å². The highest BCUT2D eigenvalue weighted by molar-refractivity contribution is 5.86. The van der Waals surface area contributed by atoms with Gasteiger partial charge in [-0.05, 0) is 30.9 Å². The van der Waals surface area contributed by atoms with Gasteiger partial charge in [-0.3, -0.25) is 9.59 Å². The molecule has 2 saturated heterocycles. The van der Waals surface area contributed by atoms with Gasteiger partial charge in [0, 0.05) is 20.1 Å². The fraction of sp³-hybridized carbons (Fsp3) is 0.529. The summed E-state index contributed by atoms with van der Waals surface area (Å²) in [5.74, 6) is -0.0798. The van der Waals surface area contributed by atoms with Crippen LogP contribution in [0.1, 0.15) is 30.0 Å². The first-order valence-corrected chi connectivity index (χ1v) is 7.81. The predicted octanol–water partition coefficient (Wildman–Crippen LogP) is 1.52. The minimum Gasteiger partial charge on any atom is -0.356 e. The molecule has 5 heteroatoms. The van der Waals surface area contributed by atoms with E-state index in [-0.39, 0.29) is 24.5 Å². The van der Waals surface area contributed by atoms with Crippen LogP contribution in [0.5, 0.6) is 0 Å². The first kappa shape index (κ1) is 15.0. The van der Waals surface area contributed by atoms with Crippen molar-refractivity contribution >= 4 is 11.8 Å². The van der Waals surface area contributed by atoms with Crippen LogP contribution in [0.2, 0.25) is 0 Å². The summed E-state index contributed by atoms with van der Waals surface area (Å²) in [4.78, 5) is 28.4. The Bertz CT molecular complexity index is 581. The molecule has 2 aliphatic heterocycles. The first-order valence-electron chi connectivity index (χ1n) is 7.81. The summed E-state index contributed by atoms with van der Waals surface area (Å²) in [5.41, 5.74) is 2.05. The van der Waals surface area contributed by atoms with Gasteiger partial charge in [0.25, 0.3) is 5.91 Å². The summed E-state index contributed by atoms with van der Waals surface area (Å²) in [6, 6.07) is 7.52. The molecule has 22 heavy (non-hydrogen) atoms. The monoisotopic (exact) mass is 302 g/mol. The lowest BCUT2D eigenvalue weighted by atomic mass is 9.93. The van der Waals surface area contributed by atoms with Gasteiger partial charge < -0.3 is 14.5 Å². The predicted molar refractivity (Wildman–Crippen MR) is 82.2 cm³/mol. The molecule has 2 atom stereocenters. The van der Waals surface area contributed by atoms with E-state index in [1.807, 2.05) is 36.1 Å². The number of likely N-dealkylation sites (N-methyl/N-ethyl adjacent to an activating group) is 1. The number of amides is 2. The van der Waals surface area contributed by atoms with Crippen LogP contribution in [0.15, 0.2) is 24.3 Å². The molecule has 2 amide bonds. The third-order valence-electron chi connectivity index (χ3n) is 4.65. The van der Waals surface area contributed by atoms with Gasteiger partial charge >= 0.3 is 0 Å². The van der Waals surface area contributed by atoms with Gasteiger partial charge in [-0.25, -0.2) is 0 Å². The maximum atomic E-state index is 12.8. The summed E-state index contributed by atoms with van der Waals surface area (Å²) in [6.07, 6.45) is 1.48. The van der Waals surface area contributed by atoms with E-state index in [4.69, 9.17) is 4.74 Å². The molecule has 0 aliphatic carbocycles. The number of nitrogens with zero attached hydrogens (tertiary/aromatic N) is 2. The van der Waals surface area contributed by atoms with Crippen LogP contribution in [0.25, 0.3) is 0 Å². The van der Waals surface area contributed by atoms with Crippen molar-refractivity contribution in [3.8, 4) is 0 Å². The maximum Gasteiger partial charge on any atom is 0.254 e. The zero-order valence-electron chi connectivity index (χ0n) is 13.1. The van der Waals surface area contributed by atoms with Crippen molar-refractivity contribution in [1.29, 1.82) is 0 Å². The summed E-state index contributed by atoms with van der Waals surface area (Å²) in [6.45, 7) is 3.55. The van der Waals surface area contributed by atoms with Crippen molar-refractivity contribution in [3.05, 3.63) is 35.4 Å². The fourth-order valence-corrected chi connectivity index (χ4v) is 3.33. The molecule has 2 aliphatic rings. The fourth-order valence-electron chi connectivity index (χ4n) is 3.33. The Morgan fingerprint density at radius 3 is 2.59 bits per heavy atom. The average molecular weight is 302 g/mol. The van der Waals surface area contributed by atoms with Gasteiger partial charge in [-0.1, -0.05) is 24.3 Å². The van der Waals surface area contributed by atoms with Gasteiger partial charge in [-0.2, -0.15) is 0 Å². The normalized spacial score (nSPS) is 25.6. The zero-order chi connectivity index (χ0) is 15.7. The van der Waals surface area contributed by atoms with E-state index in [1.54, 1.807) is 11.9 Å². The minimum atomic E-state index is -0.609. The Labute approximate surface area is 130 Å². The summed E-state index contributed by atoms with van der Waals surface area (Å²) < 4.78 is 5.67. The lowest BCUT2D eigenvalue weighted by Gasteiger charge is -2.40. The van der Waals surface area contributed by atoms with Gasteiger partial charge in [0.05, 0.1) is 6.04 Å². The van der Waals surface area contributed by atoms with E-state index in [0.29, 0.717) is 0 Å². The quantitative estimate of drug-likeness (QED) is 0.832. The number of benzene rings is 1. The van der Waals surface area contributed by atoms with Gasteiger partial charge in [0.2, 0.25) is 5.91 Å². The molecule has 0 spiro atoms. The highest BCUT2D eigenvalue weighted by Crippen LogP contribution is 2.32. The van der Waals surface area contributed by atoms with E-state index < -0.39 is 6.10 Å². The first-order chi connectivity index (χ1) is 10.6. The molecule has 3 rings (SSSR count). The molecular weight excluding hydrogens is 280 g/mol. The highest BCUT2D eigenvalue weighted by atomic mass is 16.5. The van der Waals surface area contributed by atoms with Crippen LogP contribution in [0.4, 0.5) is 0 Å². The number of likely N-dealkylation sites (tertiary alicyclic amines) is 1. The average Bonchev–Trinajstić information content (AvgIpc) is 3.04. The van der Waals surface area contributed by atoms with E-state index in [1.165, 1.54) is 0 Å². The van der Waals surface area contributed by atoms with Crippen molar-refractivity contribution in [3.63, 3.8) is 0 Å². The van der Waals surface area contributed by atoms with Gasteiger partial charge in [-0.15, -0.1) is 0 Å². The Kier molecular flexibility index (Phi) is 4.16. The Balaban J connectivity index is 1.94. The number of hydrogen-bond donors (Lipinski definition) is 0. The van der Waals surface area contributed by atoms with Crippen molar-refractivity contribution in [2.75, 3.05) is 26.7 Å². The smallest absolute Gasteiger partial charge is 0.254 e. The van der Waals surface area contributed by atoms with Crippen LogP contribution in [-0.2, 0) is 14.3 Å². The third kappa shape index (κ3) is 2.61. The standard InChI is InChI=1S/C17H22N2O3/c1-12-7-3-4-8-13(12)15-16(22-11-14(20)18(15)2)17(21)19-9-5-6-10-19/h3-4,7-8,15-16H,5-6,9-11H2,1-2H3/t15-,16+/m1/s1. The zero-order valence-corrected chi connectivity index (χ0v) is 13.1. The molecule has 0 radical (unpaired) electrons. The molecule has 0 aromatic heterocycles. The highest BCUT2D eigenvalue weighted by Gasteiger charge is 2.42. The second kappa shape index (κ2) is 6.08. The summed E-state index contributed by atoms with van der Waals surface area (Å²) >= 11 is 0. The molecule has 2 fully saturated rings. The number of carbonyl (C=O) groups is 2. The molecule has 0 saturated carbocycles. The number of ether oxygens (including phenoxy) is 1. The molecule has 0 N–H and O–H groups in total. The molecule has 0 bridgehead atoms. The topological polar surface area (TPSA) is 49.9 Å². The van der Waals surface area contributed by atoms with Gasteiger partial charge in [0.1, 0.15) is 6.61 Å². The van der Waals surface area contributed by atoms with Crippen LogP contribution < -0.4 is 0 Å². The van der Waals surface area contributed by atoms with E-state index >= 15 is 0 Å². The lowest BCUT2D eigenvalue weighted by molar-refractivity contribution is -0.166. The maximum absolute atomic E-state index is 12.8. The second-order valence-electron chi connectivity index (χ2n) is 6.07. The van der Waals surface area contributed by atoms with Crippen LogP contribution >= 0.6 is 0 Å². The Hall–Kier alpha value is -1.88. The number of hydrogen-bond acceptors (Lipinski definition) is 3. The number of rotatable bonds is 2. The largest absolute Gasteiger partial charge is 0.356 e. The molecular formula is C17H22N2O3. The van der Waals surface area contributed by atoms with Crippen molar-refractivity contribution < 1.29 is 14.3 Å². The van der Waals surface area contributed by atoms with Crippen molar-refractivity contribution in [1.82, 2.24) is 9.80 Å². The van der Waals surface area contributed by atoms with E-state index in [0.717, 1.165) is 37.1 Å². The SMILES string of the molecule is Cc1ccccc1[C@@H]1[C@@H](C(=O)N2CCCC2)OCC(=O)N1C. The van der Waals surface area contributed by atoms with Crippen molar-refractivity contribution in [2.45, 2.75) is 31.9 Å². The molecule has 5 nitrogen and oxygen atoms in total. The number of aryl methyl sites for hydroxylation is 1. The van der Waals surface area contributed by atoms with E-state index in [2.05, 4.69) is 0 Å². The number of morpholine rings is 1. The Morgan fingerprint density at radius 1 is 1.23 bits per heavy atom. The second-order valence-corrected chi connectivity index (χ2v) is 6.07. The molecule has 1 aromatic rings. The summed E-state index contributed by atoms with van der Waals surface area (Å²) in [5, 5.41) is 0. The summed E-state index contributed by atoms with van der Waals surface area (Å²) in [7, 11) is 1.76. The molecule has 1 aromatic carbocycles. The molecule has 0 unspecified atom stereocenters. The molecule has 118 valence electrons.